The van der Waals surface area contributed by atoms with Crippen molar-refractivity contribution in [1.29, 1.82) is 0 Å². The molecule has 1 heterocycles. The van der Waals surface area contributed by atoms with E-state index in [4.69, 9.17) is 0 Å². The number of carbonyl (C=O) groups excluding carboxylic acids is 1. The lowest BCUT2D eigenvalue weighted by Crippen LogP contribution is -2.35. The molecule has 1 amide bonds. The van der Waals surface area contributed by atoms with Gasteiger partial charge in [-0.15, -0.1) is 0 Å². The third kappa shape index (κ3) is 5.02. The number of pyridine rings is 1. The van der Waals surface area contributed by atoms with Crippen LogP contribution in [0.2, 0.25) is 0 Å². The minimum Gasteiger partial charge on any atom is -0.352 e. The number of anilines is 1. The number of para-hydroxylation sites is 1. The van der Waals surface area contributed by atoms with E-state index in [1.165, 1.54) is 18.2 Å². The lowest BCUT2D eigenvalue weighted by atomic mass is 10.2. The molecule has 0 saturated heterocycles. The number of hydrogen-bond donors (Lipinski definition) is 1. The van der Waals surface area contributed by atoms with Crippen molar-refractivity contribution in [3.05, 3.63) is 60.2 Å². The molecule has 0 spiro atoms. The predicted molar refractivity (Wildman–Crippen MR) is 89.3 cm³/mol. The maximum Gasteiger partial charge on any atom is 0.232 e. The summed E-state index contributed by atoms with van der Waals surface area (Å²) in [4.78, 5) is 15.8. The summed E-state index contributed by atoms with van der Waals surface area (Å²) in [5.74, 6) is -0.975. The van der Waals surface area contributed by atoms with Crippen LogP contribution in [-0.2, 0) is 21.4 Å². The van der Waals surface area contributed by atoms with Gasteiger partial charge in [-0.05, 0) is 29.8 Å². The molecule has 1 aromatic heterocycles. The number of sulfonamides is 1. The average Bonchev–Trinajstić information content (AvgIpc) is 2.54. The fourth-order valence-electron chi connectivity index (χ4n) is 2.11. The van der Waals surface area contributed by atoms with Crippen molar-refractivity contribution in [2.45, 2.75) is 13.0 Å². The number of nitrogens with zero attached hydrogens (tertiary/aromatic N) is 2. The fourth-order valence-corrected chi connectivity index (χ4v) is 3.04. The van der Waals surface area contributed by atoms with Crippen molar-refractivity contribution in [3.63, 3.8) is 0 Å². The zero-order chi connectivity index (χ0) is 17.6. The van der Waals surface area contributed by atoms with Gasteiger partial charge in [-0.25, -0.2) is 12.8 Å². The van der Waals surface area contributed by atoms with Crippen LogP contribution in [0.25, 0.3) is 0 Å². The largest absolute Gasteiger partial charge is 0.352 e. The molecule has 0 aliphatic rings. The van der Waals surface area contributed by atoms with E-state index in [-0.39, 0.29) is 24.6 Å². The molecule has 1 N–H and O–H groups in total. The molecule has 0 aliphatic heterocycles. The molecule has 0 atom stereocenters. The molecule has 0 aliphatic carbocycles. The number of nitrogens with one attached hydrogen (secondary N) is 1. The van der Waals surface area contributed by atoms with E-state index >= 15 is 0 Å². The number of halogens is 1. The third-order valence-corrected chi connectivity index (χ3v) is 4.48. The van der Waals surface area contributed by atoms with E-state index in [1.54, 1.807) is 30.6 Å². The molecular weight excluding hydrogens is 333 g/mol. The van der Waals surface area contributed by atoms with Crippen LogP contribution in [0, 0.1) is 5.82 Å². The predicted octanol–water partition coefficient (Wildman–Crippen LogP) is 1.69. The van der Waals surface area contributed by atoms with Crippen LogP contribution in [0.3, 0.4) is 0 Å². The van der Waals surface area contributed by atoms with Crippen LogP contribution in [-0.4, -0.2) is 32.1 Å². The standard InChI is InChI=1S/C16H18FN3O3S/c1-24(22,23)20(15-5-3-2-4-14(15)17)11-8-16(21)19-12-13-6-9-18-10-7-13/h2-7,9-10H,8,11-12H2,1H3,(H,19,21). The maximum absolute atomic E-state index is 13.9. The van der Waals surface area contributed by atoms with Crippen molar-refractivity contribution in [2.24, 2.45) is 0 Å². The first kappa shape index (κ1) is 17.9. The zero-order valence-electron chi connectivity index (χ0n) is 13.1. The molecule has 0 unspecified atom stereocenters. The monoisotopic (exact) mass is 351 g/mol. The Hall–Kier alpha value is -2.48. The van der Waals surface area contributed by atoms with Gasteiger partial charge >= 0.3 is 0 Å². The molecule has 2 rings (SSSR count). The normalized spacial score (nSPS) is 11.1. The molecule has 6 nitrogen and oxygen atoms in total. The van der Waals surface area contributed by atoms with Gasteiger partial charge in [0.2, 0.25) is 15.9 Å². The zero-order valence-corrected chi connectivity index (χ0v) is 14.0. The Morgan fingerprint density at radius 1 is 1.21 bits per heavy atom. The maximum atomic E-state index is 13.9. The lowest BCUT2D eigenvalue weighted by molar-refractivity contribution is -0.121. The van der Waals surface area contributed by atoms with Crippen molar-refractivity contribution in [2.75, 3.05) is 17.1 Å². The molecule has 1 aromatic carbocycles. The van der Waals surface area contributed by atoms with Crippen LogP contribution in [0.5, 0.6) is 0 Å². The minimum absolute atomic E-state index is 0.0677. The number of hydrogen-bond acceptors (Lipinski definition) is 4. The summed E-state index contributed by atoms with van der Waals surface area (Å²) < 4.78 is 38.5. The first-order valence-electron chi connectivity index (χ1n) is 7.26. The third-order valence-electron chi connectivity index (χ3n) is 3.30. The quantitative estimate of drug-likeness (QED) is 0.823. The molecule has 0 radical (unpaired) electrons. The summed E-state index contributed by atoms with van der Waals surface area (Å²) in [7, 11) is -3.70. The van der Waals surface area contributed by atoms with Crippen molar-refractivity contribution >= 4 is 21.6 Å². The summed E-state index contributed by atoms with van der Waals surface area (Å²) in [6, 6.07) is 9.09. The van der Waals surface area contributed by atoms with E-state index in [0.717, 1.165) is 16.1 Å². The number of rotatable bonds is 7. The van der Waals surface area contributed by atoms with Crippen molar-refractivity contribution < 1.29 is 17.6 Å². The molecule has 128 valence electrons. The van der Waals surface area contributed by atoms with Gasteiger partial charge in [0.25, 0.3) is 0 Å². The second-order valence-corrected chi connectivity index (χ2v) is 7.08. The molecule has 0 bridgehead atoms. The smallest absolute Gasteiger partial charge is 0.232 e. The summed E-state index contributed by atoms with van der Waals surface area (Å²) >= 11 is 0. The van der Waals surface area contributed by atoms with Gasteiger partial charge in [0.1, 0.15) is 5.82 Å². The first-order valence-corrected chi connectivity index (χ1v) is 9.10. The van der Waals surface area contributed by atoms with Gasteiger partial charge in [0, 0.05) is 31.9 Å². The van der Waals surface area contributed by atoms with Crippen LogP contribution in [0.1, 0.15) is 12.0 Å². The second-order valence-electron chi connectivity index (χ2n) is 5.17. The summed E-state index contributed by atoms with van der Waals surface area (Å²) in [5, 5.41) is 2.69. The van der Waals surface area contributed by atoms with E-state index in [2.05, 4.69) is 10.3 Å². The fraction of sp³-hybridized carbons (Fsp3) is 0.250. The SMILES string of the molecule is CS(=O)(=O)N(CCC(=O)NCc1ccncc1)c1ccccc1F. The highest BCUT2D eigenvalue weighted by Gasteiger charge is 2.21. The molecule has 8 heteroatoms. The van der Waals surface area contributed by atoms with Crippen LogP contribution < -0.4 is 9.62 Å². The average molecular weight is 351 g/mol. The summed E-state index contributed by atoms with van der Waals surface area (Å²) in [6.45, 7) is 0.182. The number of amides is 1. The Morgan fingerprint density at radius 2 is 1.88 bits per heavy atom. The van der Waals surface area contributed by atoms with E-state index < -0.39 is 15.8 Å². The van der Waals surface area contributed by atoms with Crippen molar-refractivity contribution in [1.82, 2.24) is 10.3 Å². The highest BCUT2D eigenvalue weighted by molar-refractivity contribution is 7.92. The van der Waals surface area contributed by atoms with Crippen LogP contribution in [0.4, 0.5) is 10.1 Å². The van der Waals surface area contributed by atoms with Gasteiger partial charge in [0.15, 0.2) is 0 Å². The van der Waals surface area contributed by atoms with Crippen LogP contribution >= 0.6 is 0 Å². The van der Waals surface area contributed by atoms with Crippen molar-refractivity contribution in [3.8, 4) is 0 Å². The Labute approximate surface area is 140 Å². The first-order chi connectivity index (χ1) is 11.4. The topological polar surface area (TPSA) is 79.4 Å². The molecular formula is C16H18FN3O3S. The van der Waals surface area contributed by atoms with Gasteiger partial charge in [-0.3, -0.25) is 14.1 Å². The Morgan fingerprint density at radius 3 is 2.50 bits per heavy atom. The molecule has 0 saturated carbocycles. The summed E-state index contributed by atoms with van der Waals surface area (Å²) in [5.41, 5.74) is 0.814. The van der Waals surface area contributed by atoms with E-state index in [1.807, 2.05) is 0 Å². The molecule has 0 fully saturated rings. The summed E-state index contributed by atoms with van der Waals surface area (Å²) in [6.07, 6.45) is 4.14. The molecule has 2 aromatic rings. The van der Waals surface area contributed by atoms with E-state index in [9.17, 15) is 17.6 Å². The van der Waals surface area contributed by atoms with Gasteiger partial charge < -0.3 is 5.32 Å². The van der Waals surface area contributed by atoms with Gasteiger partial charge in [0.05, 0.1) is 11.9 Å². The second kappa shape index (κ2) is 7.87. The van der Waals surface area contributed by atoms with Gasteiger partial charge in [-0.2, -0.15) is 0 Å². The Bertz CT molecular complexity index is 797. The number of aromatic nitrogens is 1. The van der Waals surface area contributed by atoms with E-state index in [0.29, 0.717) is 6.54 Å². The highest BCUT2D eigenvalue weighted by Crippen LogP contribution is 2.21. The number of carbonyl (C=O) groups is 1. The van der Waals surface area contributed by atoms with Gasteiger partial charge in [-0.1, -0.05) is 12.1 Å². The molecule has 24 heavy (non-hydrogen) atoms. The Balaban J connectivity index is 1.98. The number of benzene rings is 1. The minimum atomic E-state index is -3.70. The van der Waals surface area contributed by atoms with Crippen LogP contribution in [0.15, 0.2) is 48.8 Å². The Kier molecular flexibility index (Phi) is 5.86. The highest BCUT2D eigenvalue weighted by atomic mass is 32.2. The lowest BCUT2D eigenvalue weighted by Gasteiger charge is -2.22.